The summed E-state index contributed by atoms with van der Waals surface area (Å²) in [5, 5.41) is 3.00. The molecule has 1 aromatic carbocycles. The first-order valence-corrected chi connectivity index (χ1v) is 9.35. The van der Waals surface area contributed by atoms with Crippen LogP contribution in [0.15, 0.2) is 53.5 Å². The number of nitrogens with one attached hydrogen (secondary N) is 1. The molecule has 2 amide bonds. The van der Waals surface area contributed by atoms with E-state index >= 15 is 0 Å². The second kappa shape index (κ2) is 7.24. The molecule has 1 saturated heterocycles. The summed E-state index contributed by atoms with van der Waals surface area (Å²) in [5.41, 5.74) is 6.03. The zero-order valence-corrected chi connectivity index (χ0v) is 15.3. The number of pyridine rings is 1. The van der Waals surface area contributed by atoms with Crippen LogP contribution in [0.3, 0.4) is 0 Å². The van der Waals surface area contributed by atoms with Crippen molar-refractivity contribution in [2.75, 3.05) is 0 Å². The van der Waals surface area contributed by atoms with E-state index in [-0.39, 0.29) is 17.5 Å². The van der Waals surface area contributed by atoms with Gasteiger partial charge in [-0.15, -0.1) is 0 Å². The second-order valence-electron chi connectivity index (χ2n) is 7.41. The maximum absolute atomic E-state index is 12.6. The minimum Gasteiger partial charge on any atom is -0.367 e. The fraction of sp³-hybridized carbons (Fsp3) is 0.333. The van der Waals surface area contributed by atoms with Crippen LogP contribution < -0.4 is 16.6 Å². The monoisotopic (exact) mass is 380 g/mol. The minimum atomic E-state index is -0.531. The van der Waals surface area contributed by atoms with E-state index in [1.807, 2.05) is 6.42 Å². The zero-order valence-electron chi connectivity index (χ0n) is 15.3. The molecule has 0 bridgehead atoms. The molecule has 1 radical (unpaired) electrons. The molecule has 2 aliphatic rings. The van der Waals surface area contributed by atoms with Crippen LogP contribution in [0.1, 0.15) is 36.0 Å². The van der Waals surface area contributed by atoms with E-state index < -0.39 is 17.6 Å². The van der Waals surface area contributed by atoms with E-state index in [4.69, 9.17) is 10.5 Å². The normalized spacial score (nSPS) is 26.4. The number of hydrogen-bond donors (Lipinski definition) is 2. The summed E-state index contributed by atoms with van der Waals surface area (Å²) in [7, 11) is 0. The molecule has 1 saturated carbocycles. The van der Waals surface area contributed by atoms with Crippen molar-refractivity contribution in [2.24, 2.45) is 5.73 Å². The largest absolute Gasteiger partial charge is 0.367 e. The molecule has 3 atom stereocenters. The van der Waals surface area contributed by atoms with Gasteiger partial charge in [0.25, 0.3) is 11.5 Å². The lowest BCUT2D eigenvalue weighted by atomic mass is 9.97. The van der Waals surface area contributed by atoms with E-state index in [2.05, 4.69) is 5.32 Å². The molecule has 2 aromatic rings. The highest BCUT2D eigenvalue weighted by atomic mass is 16.5. The summed E-state index contributed by atoms with van der Waals surface area (Å²) in [5.74, 6) is -0.614. The van der Waals surface area contributed by atoms with Crippen LogP contribution in [-0.4, -0.2) is 34.1 Å². The third-order valence-corrected chi connectivity index (χ3v) is 5.48. The summed E-state index contributed by atoms with van der Waals surface area (Å²) in [6.07, 6.45) is 5.91. The summed E-state index contributed by atoms with van der Waals surface area (Å²) in [6, 6.07) is 11.7. The minimum absolute atomic E-state index is 0.115. The van der Waals surface area contributed by atoms with Crippen molar-refractivity contribution in [1.29, 1.82) is 0 Å². The lowest BCUT2D eigenvalue weighted by Crippen LogP contribution is -2.37. The van der Waals surface area contributed by atoms with E-state index in [1.165, 1.54) is 10.6 Å². The lowest BCUT2D eigenvalue weighted by Gasteiger charge is -2.24. The Bertz CT molecular complexity index is 953. The summed E-state index contributed by atoms with van der Waals surface area (Å²) < 4.78 is 7.39. The van der Waals surface area contributed by atoms with Gasteiger partial charge in [0.15, 0.2) is 0 Å². The van der Waals surface area contributed by atoms with Gasteiger partial charge < -0.3 is 15.8 Å². The molecular weight excluding hydrogens is 358 g/mol. The third kappa shape index (κ3) is 3.57. The molecular formula is C21H22N3O4. The smallest absolute Gasteiger partial charge is 0.255 e. The van der Waals surface area contributed by atoms with Crippen LogP contribution in [0, 0.1) is 6.42 Å². The van der Waals surface area contributed by atoms with Gasteiger partial charge in [-0.2, -0.15) is 0 Å². The lowest BCUT2D eigenvalue weighted by molar-refractivity contribution is -0.133. The van der Waals surface area contributed by atoms with Crippen molar-refractivity contribution in [3.05, 3.63) is 71.0 Å². The zero-order chi connectivity index (χ0) is 19.7. The van der Waals surface area contributed by atoms with Crippen LogP contribution in [0.4, 0.5) is 0 Å². The highest BCUT2D eigenvalue weighted by molar-refractivity contribution is 5.94. The molecule has 2 fully saturated rings. The highest BCUT2D eigenvalue weighted by Crippen LogP contribution is 2.43. The van der Waals surface area contributed by atoms with Crippen molar-refractivity contribution in [3.63, 3.8) is 0 Å². The predicted molar refractivity (Wildman–Crippen MR) is 103 cm³/mol. The highest BCUT2D eigenvalue weighted by Gasteiger charge is 2.47. The Kier molecular flexibility index (Phi) is 4.77. The number of nitrogens with two attached hydrogens (primary N) is 1. The first-order valence-electron chi connectivity index (χ1n) is 9.35. The van der Waals surface area contributed by atoms with Crippen molar-refractivity contribution in [1.82, 2.24) is 9.88 Å². The van der Waals surface area contributed by atoms with Crippen LogP contribution in [-0.2, 0) is 9.53 Å². The summed E-state index contributed by atoms with van der Waals surface area (Å²) in [6.45, 7) is 0. The fourth-order valence-electron chi connectivity index (χ4n) is 4.01. The van der Waals surface area contributed by atoms with Gasteiger partial charge in [-0.3, -0.25) is 19.0 Å². The van der Waals surface area contributed by atoms with Crippen molar-refractivity contribution in [2.45, 2.75) is 43.4 Å². The quantitative estimate of drug-likeness (QED) is 0.835. The standard InChI is InChI=1S/C21H22N3O4/c22-19(26)17-9-11-21(28-17)10-8-15(13-21)23-20(27)14-4-6-16(7-5-14)24-12-2-1-3-18(24)25/h1-8,12,15,17H,9-11,13H2,(H2,22,26)(H,23,27). The number of hydrogen-bond acceptors (Lipinski definition) is 4. The van der Waals surface area contributed by atoms with Gasteiger partial charge >= 0.3 is 0 Å². The van der Waals surface area contributed by atoms with Gasteiger partial charge in [0, 0.05) is 29.6 Å². The molecule has 4 rings (SSSR count). The van der Waals surface area contributed by atoms with Gasteiger partial charge in [0.05, 0.1) is 5.60 Å². The number of amides is 2. The number of benzene rings is 1. The van der Waals surface area contributed by atoms with Crippen LogP contribution in [0.5, 0.6) is 0 Å². The van der Waals surface area contributed by atoms with Crippen molar-refractivity contribution in [3.8, 4) is 5.69 Å². The number of carbonyl (C=O) groups excluding carboxylic acids is 2. The first kappa shape index (κ1) is 18.4. The third-order valence-electron chi connectivity index (χ3n) is 5.48. The molecule has 3 N–H and O–H groups in total. The Morgan fingerprint density at radius 2 is 1.96 bits per heavy atom. The Labute approximate surface area is 162 Å². The molecule has 145 valence electrons. The number of aromatic nitrogens is 1. The van der Waals surface area contributed by atoms with Gasteiger partial charge in [-0.25, -0.2) is 0 Å². The first-order chi connectivity index (χ1) is 13.5. The Morgan fingerprint density at radius 3 is 2.64 bits per heavy atom. The molecule has 1 aliphatic carbocycles. The summed E-state index contributed by atoms with van der Waals surface area (Å²) in [4.78, 5) is 35.8. The van der Waals surface area contributed by atoms with Crippen LogP contribution in [0.2, 0.25) is 0 Å². The molecule has 28 heavy (non-hydrogen) atoms. The topological polar surface area (TPSA) is 103 Å². The van der Waals surface area contributed by atoms with Gasteiger partial charge in [-0.1, -0.05) is 6.07 Å². The predicted octanol–water partition coefficient (Wildman–Crippen LogP) is 1.34. The number of rotatable bonds is 4. The van der Waals surface area contributed by atoms with Gasteiger partial charge in [0.1, 0.15) is 6.10 Å². The molecule has 1 spiro atoms. The molecule has 2 heterocycles. The Morgan fingerprint density at radius 1 is 1.18 bits per heavy atom. The second-order valence-corrected chi connectivity index (χ2v) is 7.41. The fourth-order valence-corrected chi connectivity index (χ4v) is 4.01. The van der Waals surface area contributed by atoms with E-state index in [9.17, 15) is 14.4 Å². The maximum Gasteiger partial charge on any atom is 0.255 e. The molecule has 1 aromatic heterocycles. The van der Waals surface area contributed by atoms with Crippen LogP contribution >= 0.6 is 0 Å². The summed E-state index contributed by atoms with van der Waals surface area (Å²) >= 11 is 0. The van der Waals surface area contributed by atoms with E-state index in [1.54, 1.807) is 42.6 Å². The molecule has 1 aliphatic heterocycles. The number of ether oxygens (including phenoxy) is 1. The van der Waals surface area contributed by atoms with Gasteiger partial charge in [-0.05, 0) is 62.4 Å². The maximum atomic E-state index is 12.6. The SMILES string of the molecule is NC(=O)C1CCC2(C[CH]C(NC(=O)c3ccc(-n4ccccc4=O)cc3)C2)O1. The average molecular weight is 380 g/mol. The van der Waals surface area contributed by atoms with Gasteiger partial charge in [0.2, 0.25) is 5.91 Å². The molecule has 3 unspecified atom stereocenters. The van der Waals surface area contributed by atoms with E-state index in [0.717, 1.165) is 6.42 Å². The Hall–Kier alpha value is -2.93. The van der Waals surface area contributed by atoms with Crippen molar-refractivity contribution >= 4 is 11.8 Å². The molecule has 7 nitrogen and oxygen atoms in total. The van der Waals surface area contributed by atoms with E-state index in [0.29, 0.717) is 30.5 Å². The number of carbonyl (C=O) groups is 2. The number of primary amides is 1. The Balaban J connectivity index is 1.39. The van der Waals surface area contributed by atoms with Crippen molar-refractivity contribution < 1.29 is 14.3 Å². The average Bonchev–Trinajstić information content (AvgIpc) is 3.29. The number of nitrogens with zero attached hydrogens (tertiary/aromatic N) is 1. The molecule has 7 heteroatoms. The van der Waals surface area contributed by atoms with Crippen LogP contribution in [0.25, 0.3) is 5.69 Å².